The Morgan fingerprint density at radius 1 is 0.709 bits per heavy atom. The Morgan fingerprint density at radius 2 is 1.33 bits per heavy atom. The first-order chi connectivity index (χ1) is 27.0. The molecular weight excluding hydrogens is 673 g/mol. The van der Waals surface area contributed by atoms with Crippen molar-refractivity contribution in [2.24, 2.45) is 0 Å². The predicted octanol–water partition coefficient (Wildman–Crippen LogP) is 11.5. The monoisotopic (exact) mass is 720 g/mol. The second-order valence-corrected chi connectivity index (χ2v) is 13.9. The molecule has 274 valence electrons. The van der Waals surface area contributed by atoms with Crippen LogP contribution in [0.5, 0.6) is 5.75 Å². The number of amides is 1. The summed E-state index contributed by atoms with van der Waals surface area (Å²) in [7, 11) is 1.65. The lowest BCUT2D eigenvalue weighted by atomic mass is 9.92. The molecule has 6 aromatic rings. The molecule has 0 radical (unpaired) electrons. The van der Waals surface area contributed by atoms with Gasteiger partial charge in [0.2, 0.25) is 5.91 Å². The highest BCUT2D eigenvalue weighted by Crippen LogP contribution is 2.33. The maximum atomic E-state index is 13.2. The molecule has 1 atom stereocenters. The van der Waals surface area contributed by atoms with Crippen molar-refractivity contribution in [2.45, 2.75) is 25.8 Å². The number of benzene rings is 6. The molecule has 1 aliphatic heterocycles. The van der Waals surface area contributed by atoms with E-state index in [-0.39, 0.29) is 11.9 Å². The van der Waals surface area contributed by atoms with Gasteiger partial charge in [0.15, 0.2) is 0 Å². The van der Waals surface area contributed by atoms with Crippen molar-refractivity contribution in [3.05, 3.63) is 216 Å². The Hall–Kier alpha value is -6.39. The Bertz CT molecular complexity index is 2270. The van der Waals surface area contributed by atoms with Crippen molar-refractivity contribution < 1.29 is 9.53 Å². The molecule has 0 aromatic heterocycles. The van der Waals surface area contributed by atoms with Crippen molar-refractivity contribution >= 4 is 22.7 Å². The number of carbonyl (C=O) groups is 1. The smallest absolute Gasteiger partial charge is 0.246 e. The van der Waals surface area contributed by atoms with Crippen LogP contribution in [-0.2, 0) is 11.2 Å². The van der Waals surface area contributed by atoms with E-state index >= 15 is 0 Å². The van der Waals surface area contributed by atoms with Gasteiger partial charge in [-0.05, 0) is 106 Å². The van der Waals surface area contributed by atoms with Crippen molar-refractivity contribution in [1.82, 2.24) is 4.90 Å². The maximum Gasteiger partial charge on any atom is 0.246 e. The molecule has 0 saturated heterocycles. The number of hydrogen-bond acceptors (Lipinski definition) is 3. The summed E-state index contributed by atoms with van der Waals surface area (Å²) in [6.07, 6.45) is 8.26. The number of fused-ring (bicyclic) bond motifs is 1. The van der Waals surface area contributed by atoms with Gasteiger partial charge in [-0.3, -0.25) is 4.79 Å². The zero-order chi connectivity index (χ0) is 38.0. The van der Waals surface area contributed by atoms with Crippen LogP contribution in [0.15, 0.2) is 183 Å². The first-order valence-electron chi connectivity index (χ1n) is 19.1. The molecule has 1 heterocycles. The van der Waals surface area contributed by atoms with Crippen LogP contribution in [0, 0.1) is 0 Å². The van der Waals surface area contributed by atoms with Gasteiger partial charge in [0.05, 0.1) is 13.2 Å². The zero-order valence-electron chi connectivity index (χ0n) is 31.8. The van der Waals surface area contributed by atoms with Gasteiger partial charge < -0.3 is 14.5 Å². The summed E-state index contributed by atoms with van der Waals surface area (Å²) in [6, 6.07) is 55.3. The first kappa shape index (κ1) is 36.9. The summed E-state index contributed by atoms with van der Waals surface area (Å²) in [6.45, 7) is 8.18. The normalized spacial score (nSPS) is 13.5. The van der Waals surface area contributed by atoms with Crippen LogP contribution in [0.4, 0.5) is 5.69 Å². The van der Waals surface area contributed by atoms with Crippen molar-refractivity contribution in [1.29, 1.82) is 0 Å². The van der Waals surface area contributed by atoms with E-state index in [4.69, 9.17) is 4.74 Å². The van der Waals surface area contributed by atoms with E-state index in [1.54, 1.807) is 7.11 Å². The lowest BCUT2D eigenvalue weighted by Crippen LogP contribution is -2.32. The largest absolute Gasteiger partial charge is 0.497 e. The number of anilines is 1. The highest BCUT2D eigenvalue weighted by Gasteiger charge is 2.20. The van der Waals surface area contributed by atoms with Gasteiger partial charge in [0, 0.05) is 25.3 Å². The van der Waals surface area contributed by atoms with Gasteiger partial charge in [0.1, 0.15) is 5.75 Å². The molecule has 0 saturated carbocycles. The number of nitrogens with zero attached hydrogens (tertiary/aromatic N) is 2. The van der Waals surface area contributed by atoms with Crippen LogP contribution in [0.3, 0.4) is 0 Å². The number of methoxy groups -OCH3 is 1. The van der Waals surface area contributed by atoms with Crippen molar-refractivity contribution in [2.75, 3.05) is 31.6 Å². The summed E-state index contributed by atoms with van der Waals surface area (Å²) in [5.41, 5.74) is 13.0. The van der Waals surface area contributed by atoms with Gasteiger partial charge in [-0.2, -0.15) is 0 Å². The molecule has 0 unspecified atom stereocenters. The Kier molecular flexibility index (Phi) is 11.8. The third-order valence-corrected chi connectivity index (χ3v) is 10.6. The fourth-order valence-electron chi connectivity index (χ4n) is 7.56. The predicted molar refractivity (Wildman–Crippen MR) is 229 cm³/mol. The van der Waals surface area contributed by atoms with Crippen LogP contribution in [0.25, 0.3) is 22.3 Å². The molecule has 1 aliphatic rings. The fourth-order valence-corrected chi connectivity index (χ4v) is 7.56. The van der Waals surface area contributed by atoms with Gasteiger partial charge >= 0.3 is 0 Å². The van der Waals surface area contributed by atoms with Gasteiger partial charge in [0.25, 0.3) is 0 Å². The van der Waals surface area contributed by atoms with E-state index in [1.807, 2.05) is 42.2 Å². The summed E-state index contributed by atoms with van der Waals surface area (Å²) in [5.74, 6) is 0.665. The van der Waals surface area contributed by atoms with E-state index in [9.17, 15) is 4.79 Å². The van der Waals surface area contributed by atoms with Crippen LogP contribution in [-0.4, -0.2) is 37.6 Å². The Morgan fingerprint density at radius 3 is 2.00 bits per heavy atom. The summed E-state index contributed by atoms with van der Waals surface area (Å²) < 4.78 is 5.36. The standard InChI is InChI=1S/C51H48N2O2/c1-4-51(54)53(38(2)39-28-30-47(55-3)31-29-39)36-33-48(41-15-7-5-8-16-41)43-26-24-40(25-27-43)45-20-13-21-46(37-45)49(42-17-9-6-10-18-42)32-35-52-34-14-22-44-19-11-12-23-50(44)52/h4-13,15-21,23-33,37-38H,1,14,22,34-36H2,2-3H3/b48-33-,49-32+/t38-/m1/s1. The van der Waals surface area contributed by atoms with Crippen LogP contribution in [0.1, 0.15) is 52.8 Å². The van der Waals surface area contributed by atoms with Crippen LogP contribution < -0.4 is 9.64 Å². The number of rotatable bonds is 13. The summed E-state index contributed by atoms with van der Waals surface area (Å²) in [5, 5.41) is 0. The first-order valence-corrected chi connectivity index (χ1v) is 19.1. The fraction of sp³-hybridized carbons (Fsp3) is 0.157. The number of aryl methyl sites for hydroxylation is 1. The van der Waals surface area contributed by atoms with Gasteiger partial charge in [-0.25, -0.2) is 0 Å². The average molecular weight is 721 g/mol. The Balaban J connectivity index is 1.18. The quantitative estimate of drug-likeness (QED) is 0.111. The van der Waals surface area contributed by atoms with Crippen LogP contribution in [0.2, 0.25) is 0 Å². The molecular formula is C51H48N2O2. The lowest BCUT2D eigenvalue weighted by molar-refractivity contribution is -0.127. The topological polar surface area (TPSA) is 32.8 Å². The maximum absolute atomic E-state index is 13.2. The van der Waals surface area contributed by atoms with E-state index in [1.165, 1.54) is 40.4 Å². The highest BCUT2D eigenvalue weighted by molar-refractivity contribution is 5.88. The summed E-state index contributed by atoms with van der Waals surface area (Å²) >= 11 is 0. The lowest BCUT2D eigenvalue weighted by Gasteiger charge is -2.30. The molecule has 4 heteroatoms. The van der Waals surface area contributed by atoms with Gasteiger partial charge in [-0.15, -0.1) is 0 Å². The third kappa shape index (κ3) is 8.71. The molecule has 4 nitrogen and oxygen atoms in total. The van der Waals surface area contributed by atoms with Gasteiger partial charge in [-0.1, -0.05) is 152 Å². The van der Waals surface area contributed by atoms with E-state index in [2.05, 4.69) is 151 Å². The summed E-state index contributed by atoms with van der Waals surface area (Å²) in [4.78, 5) is 17.6. The van der Waals surface area contributed by atoms with Crippen molar-refractivity contribution in [3.63, 3.8) is 0 Å². The number of ether oxygens (including phenoxy) is 1. The molecule has 6 aromatic carbocycles. The second-order valence-electron chi connectivity index (χ2n) is 13.9. The van der Waals surface area contributed by atoms with Crippen molar-refractivity contribution in [3.8, 4) is 16.9 Å². The van der Waals surface area contributed by atoms with E-state index < -0.39 is 0 Å². The van der Waals surface area contributed by atoms with E-state index in [0.29, 0.717) is 6.54 Å². The molecule has 1 amide bonds. The minimum atomic E-state index is -0.162. The minimum absolute atomic E-state index is 0.119. The zero-order valence-corrected chi connectivity index (χ0v) is 31.8. The van der Waals surface area contributed by atoms with E-state index in [0.717, 1.165) is 58.7 Å². The van der Waals surface area contributed by atoms with Crippen LogP contribution >= 0.6 is 0 Å². The molecule has 7 rings (SSSR count). The SMILES string of the molecule is C=CC(=O)N(C/C=C(/c1ccccc1)c1ccc(-c2cccc(/C(=C/CN3CCCc4ccccc43)c3ccccc3)c2)cc1)[C@H](C)c1ccc(OC)cc1. The third-order valence-electron chi connectivity index (χ3n) is 10.6. The molecule has 55 heavy (non-hydrogen) atoms. The number of hydrogen-bond donors (Lipinski definition) is 0. The highest BCUT2D eigenvalue weighted by atomic mass is 16.5. The number of carbonyl (C=O) groups excluding carboxylic acids is 1. The minimum Gasteiger partial charge on any atom is -0.497 e. The molecule has 0 bridgehead atoms. The molecule has 0 fully saturated rings. The number of para-hydroxylation sites is 1. The Labute approximate surface area is 326 Å². The second kappa shape index (κ2) is 17.6. The molecule has 0 aliphatic carbocycles. The molecule has 0 N–H and O–H groups in total. The molecule has 0 spiro atoms. The average Bonchev–Trinajstić information content (AvgIpc) is 3.26.